The molecule has 16 heavy (non-hydrogen) atoms. The molecule has 0 spiro atoms. The summed E-state index contributed by atoms with van der Waals surface area (Å²) in [5, 5.41) is 19.7. The number of carboxylic acids is 1. The molecule has 1 aromatic carbocycles. The molecule has 0 radical (unpaired) electrons. The number of hydrogen-bond acceptors (Lipinski definition) is 4. The topological polar surface area (TPSA) is 106 Å². The maximum absolute atomic E-state index is 11.0. The minimum Gasteiger partial charge on any atom is -0.481 e. The molecule has 0 aliphatic heterocycles. The molecule has 1 atom stereocenters. The highest BCUT2D eigenvalue weighted by molar-refractivity contribution is 5.79. The second kappa shape index (κ2) is 4.71. The molecule has 0 amide bonds. The van der Waals surface area contributed by atoms with Crippen molar-refractivity contribution in [3.05, 3.63) is 39.4 Å². The second-order valence-electron chi connectivity index (χ2n) is 3.39. The predicted molar refractivity (Wildman–Crippen MR) is 57.3 cm³/mol. The Morgan fingerprint density at radius 2 is 2.25 bits per heavy atom. The van der Waals surface area contributed by atoms with E-state index in [-0.39, 0.29) is 17.8 Å². The summed E-state index contributed by atoms with van der Waals surface area (Å²) in [5.74, 6) is -2.19. The van der Waals surface area contributed by atoms with E-state index in [4.69, 9.17) is 10.8 Å². The second-order valence-corrected chi connectivity index (χ2v) is 3.39. The summed E-state index contributed by atoms with van der Waals surface area (Å²) in [4.78, 5) is 21.2. The lowest BCUT2D eigenvalue weighted by Gasteiger charge is -2.12. The van der Waals surface area contributed by atoms with Crippen LogP contribution in [0.5, 0.6) is 0 Å². The third kappa shape index (κ3) is 2.17. The van der Waals surface area contributed by atoms with Gasteiger partial charge in [-0.15, -0.1) is 0 Å². The fourth-order valence-corrected chi connectivity index (χ4v) is 1.62. The minimum atomic E-state index is -1.15. The summed E-state index contributed by atoms with van der Waals surface area (Å²) >= 11 is 0. The molecular formula is C10H12N2O4. The fourth-order valence-electron chi connectivity index (χ4n) is 1.62. The molecule has 0 aliphatic rings. The van der Waals surface area contributed by atoms with E-state index in [1.807, 2.05) is 0 Å². The highest BCUT2D eigenvalue weighted by Crippen LogP contribution is 2.29. The van der Waals surface area contributed by atoms with Crippen LogP contribution in [0.2, 0.25) is 0 Å². The van der Waals surface area contributed by atoms with Gasteiger partial charge in [0.05, 0.1) is 4.92 Å². The summed E-state index contributed by atoms with van der Waals surface area (Å²) in [6, 6.07) is 4.44. The first-order valence-electron chi connectivity index (χ1n) is 4.65. The summed E-state index contributed by atoms with van der Waals surface area (Å²) < 4.78 is 0. The number of nitro benzene ring substituents is 1. The van der Waals surface area contributed by atoms with Gasteiger partial charge >= 0.3 is 5.97 Å². The number of benzene rings is 1. The average Bonchev–Trinajstić information content (AvgIpc) is 2.20. The monoisotopic (exact) mass is 224 g/mol. The number of nitrogens with zero attached hydrogens (tertiary/aromatic N) is 1. The van der Waals surface area contributed by atoms with Crippen LogP contribution in [0.1, 0.15) is 17.0 Å². The lowest BCUT2D eigenvalue weighted by atomic mass is 9.93. The predicted octanol–water partition coefficient (Wildman–Crippen LogP) is 1.03. The zero-order valence-corrected chi connectivity index (χ0v) is 8.71. The Morgan fingerprint density at radius 3 is 2.69 bits per heavy atom. The Morgan fingerprint density at radius 1 is 1.62 bits per heavy atom. The highest BCUT2D eigenvalue weighted by atomic mass is 16.6. The lowest BCUT2D eigenvalue weighted by Crippen LogP contribution is -2.23. The largest absolute Gasteiger partial charge is 0.481 e. The molecule has 1 aromatic rings. The molecule has 1 rings (SSSR count). The van der Waals surface area contributed by atoms with Crippen LogP contribution < -0.4 is 5.73 Å². The van der Waals surface area contributed by atoms with E-state index in [0.29, 0.717) is 5.56 Å². The number of hydrogen-bond donors (Lipinski definition) is 2. The van der Waals surface area contributed by atoms with E-state index >= 15 is 0 Å². The van der Waals surface area contributed by atoms with Gasteiger partial charge in [0.1, 0.15) is 5.92 Å². The van der Waals surface area contributed by atoms with Gasteiger partial charge in [0.25, 0.3) is 5.69 Å². The van der Waals surface area contributed by atoms with Gasteiger partial charge in [-0.05, 0) is 12.5 Å². The van der Waals surface area contributed by atoms with Crippen LogP contribution in [0.3, 0.4) is 0 Å². The first-order valence-corrected chi connectivity index (χ1v) is 4.65. The van der Waals surface area contributed by atoms with Crippen molar-refractivity contribution < 1.29 is 14.8 Å². The maximum atomic E-state index is 11.0. The summed E-state index contributed by atoms with van der Waals surface area (Å²) in [6.07, 6.45) is 0. The lowest BCUT2D eigenvalue weighted by molar-refractivity contribution is -0.385. The maximum Gasteiger partial charge on any atom is 0.312 e. The van der Waals surface area contributed by atoms with Crippen LogP contribution in [0, 0.1) is 17.0 Å². The van der Waals surface area contributed by atoms with Crippen molar-refractivity contribution in [2.75, 3.05) is 6.54 Å². The molecule has 6 nitrogen and oxygen atoms in total. The molecule has 0 aliphatic carbocycles. The van der Waals surface area contributed by atoms with Crippen molar-refractivity contribution in [2.45, 2.75) is 12.8 Å². The third-order valence-electron chi connectivity index (χ3n) is 2.38. The molecular weight excluding hydrogens is 212 g/mol. The van der Waals surface area contributed by atoms with Gasteiger partial charge in [0, 0.05) is 18.2 Å². The van der Waals surface area contributed by atoms with Gasteiger partial charge in [-0.2, -0.15) is 0 Å². The Hall–Kier alpha value is -1.95. The first-order chi connectivity index (χ1) is 7.49. The van der Waals surface area contributed by atoms with Crippen LogP contribution in [0.15, 0.2) is 18.2 Å². The molecule has 6 heteroatoms. The summed E-state index contributed by atoms with van der Waals surface area (Å²) in [5.41, 5.74) is 5.89. The van der Waals surface area contributed by atoms with Crippen LogP contribution in [-0.4, -0.2) is 22.5 Å². The Bertz CT molecular complexity index is 431. The van der Waals surface area contributed by atoms with Gasteiger partial charge in [0.2, 0.25) is 0 Å². The van der Waals surface area contributed by atoms with E-state index in [9.17, 15) is 14.9 Å². The van der Waals surface area contributed by atoms with Crippen LogP contribution in [0.25, 0.3) is 0 Å². The highest BCUT2D eigenvalue weighted by Gasteiger charge is 2.28. The fraction of sp³-hybridized carbons (Fsp3) is 0.300. The molecule has 0 saturated carbocycles. The molecule has 0 fully saturated rings. The first kappa shape index (κ1) is 12.1. The number of nitro groups is 1. The van der Waals surface area contributed by atoms with Crippen LogP contribution in [-0.2, 0) is 4.79 Å². The number of rotatable bonds is 4. The SMILES string of the molecule is Cc1cccc([N+](=O)[O-])c1C(CN)C(=O)O. The van der Waals surface area contributed by atoms with Crippen molar-refractivity contribution in [3.63, 3.8) is 0 Å². The minimum absolute atomic E-state index is 0.166. The van der Waals surface area contributed by atoms with E-state index in [0.717, 1.165) is 0 Å². The molecule has 0 heterocycles. The van der Waals surface area contributed by atoms with E-state index in [2.05, 4.69) is 0 Å². The van der Waals surface area contributed by atoms with E-state index in [1.165, 1.54) is 12.1 Å². The molecule has 3 N–H and O–H groups in total. The quantitative estimate of drug-likeness (QED) is 0.586. The normalized spacial score (nSPS) is 12.1. The Labute approximate surface area is 91.8 Å². The smallest absolute Gasteiger partial charge is 0.312 e. The molecule has 0 saturated heterocycles. The Kier molecular flexibility index (Phi) is 3.57. The average molecular weight is 224 g/mol. The van der Waals surface area contributed by atoms with E-state index < -0.39 is 16.8 Å². The van der Waals surface area contributed by atoms with Crippen molar-refractivity contribution in [1.29, 1.82) is 0 Å². The van der Waals surface area contributed by atoms with E-state index in [1.54, 1.807) is 13.0 Å². The summed E-state index contributed by atoms with van der Waals surface area (Å²) in [7, 11) is 0. The zero-order valence-electron chi connectivity index (χ0n) is 8.71. The van der Waals surface area contributed by atoms with Crippen molar-refractivity contribution in [1.82, 2.24) is 0 Å². The zero-order chi connectivity index (χ0) is 12.3. The number of aliphatic carboxylic acids is 1. The van der Waals surface area contributed by atoms with Gasteiger partial charge in [-0.3, -0.25) is 14.9 Å². The standard InChI is InChI=1S/C10H12N2O4/c1-6-3-2-4-8(12(15)16)9(6)7(5-11)10(13)14/h2-4,7H,5,11H2,1H3,(H,13,14). The van der Waals surface area contributed by atoms with Crippen LogP contribution in [0.4, 0.5) is 5.69 Å². The summed E-state index contributed by atoms with van der Waals surface area (Å²) in [6.45, 7) is 1.47. The number of aryl methyl sites for hydroxylation is 1. The third-order valence-corrected chi connectivity index (χ3v) is 2.38. The number of nitrogens with two attached hydrogens (primary N) is 1. The molecule has 0 bridgehead atoms. The Balaban J connectivity index is 3.39. The number of carbonyl (C=O) groups is 1. The van der Waals surface area contributed by atoms with Crippen molar-refractivity contribution in [3.8, 4) is 0 Å². The van der Waals surface area contributed by atoms with Gasteiger partial charge in [-0.1, -0.05) is 12.1 Å². The van der Waals surface area contributed by atoms with Gasteiger partial charge in [0.15, 0.2) is 0 Å². The van der Waals surface area contributed by atoms with Crippen LogP contribution >= 0.6 is 0 Å². The van der Waals surface area contributed by atoms with Crippen molar-refractivity contribution >= 4 is 11.7 Å². The number of carboxylic acid groups (broad SMARTS) is 1. The van der Waals surface area contributed by atoms with Gasteiger partial charge < -0.3 is 10.8 Å². The van der Waals surface area contributed by atoms with Gasteiger partial charge in [-0.25, -0.2) is 0 Å². The molecule has 1 unspecified atom stereocenters. The van der Waals surface area contributed by atoms with Crippen molar-refractivity contribution in [2.24, 2.45) is 5.73 Å². The molecule has 0 aromatic heterocycles. The molecule has 86 valence electrons.